The summed E-state index contributed by atoms with van der Waals surface area (Å²) in [5.41, 5.74) is 5.70. The molecule has 2 aliphatic heterocycles. The monoisotopic (exact) mass is 346 g/mol. The molecule has 1 atom stereocenters. The average Bonchev–Trinajstić information content (AvgIpc) is 2.61. The first-order valence-corrected chi connectivity index (χ1v) is 8.43. The number of para-hydroxylation sites is 2. The lowest BCUT2D eigenvalue weighted by molar-refractivity contribution is -0.139. The van der Waals surface area contributed by atoms with Crippen LogP contribution in [0.15, 0.2) is 24.3 Å². The van der Waals surface area contributed by atoms with E-state index in [4.69, 9.17) is 10.5 Å². The van der Waals surface area contributed by atoms with Crippen molar-refractivity contribution < 1.29 is 19.1 Å². The number of ether oxygens (including phenoxy) is 1. The Hall–Kier alpha value is -2.77. The first-order valence-electron chi connectivity index (χ1n) is 8.43. The zero-order valence-electron chi connectivity index (χ0n) is 13.9. The second-order valence-electron chi connectivity index (χ2n) is 6.25. The number of hydrogen-bond acceptors (Lipinski definition) is 5. The highest BCUT2D eigenvalue weighted by Crippen LogP contribution is 2.33. The topological polar surface area (TPSA) is 105 Å². The molecule has 1 aromatic rings. The number of piperidine rings is 1. The molecule has 3 N–H and O–H groups in total. The van der Waals surface area contributed by atoms with Crippen LogP contribution in [0, 0.1) is 0 Å². The van der Waals surface area contributed by atoms with Crippen molar-refractivity contribution in [2.45, 2.75) is 25.4 Å². The quantitative estimate of drug-likeness (QED) is 0.827. The first kappa shape index (κ1) is 17.1. The number of primary amides is 1. The van der Waals surface area contributed by atoms with Gasteiger partial charge in [0.2, 0.25) is 5.91 Å². The maximum absolute atomic E-state index is 12.8. The summed E-state index contributed by atoms with van der Waals surface area (Å²) in [5.74, 6) is -0.0288. The predicted octanol–water partition coefficient (Wildman–Crippen LogP) is 0.461. The van der Waals surface area contributed by atoms with Gasteiger partial charge in [0, 0.05) is 13.1 Å². The Kier molecular flexibility index (Phi) is 5.06. The summed E-state index contributed by atoms with van der Waals surface area (Å²) in [6.07, 6.45) is 2.46. The van der Waals surface area contributed by atoms with Gasteiger partial charge in [-0.05, 0) is 31.4 Å². The predicted molar refractivity (Wildman–Crippen MR) is 91.2 cm³/mol. The molecule has 1 unspecified atom stereocenters. The van der Waals surface area contributed by atoms with Gasteiger partial charge in [0.25, 0.3) is 5.91 Å². The van der Waals surface area contributed by atoms with E-state index >= 15 is 0 Å². The van der Waals surface area contributed by atoms with Gasteiger partial charge in [-0.15, -0.1) is 0 Å². The highest BCUT2D eigenvalue weighted by atomic mass is 16.5. The Labute approximate surface area is 145 Å². The van der Waals surface area contributed by atoms with Crippen LogP contribution in [-0.2, 0) is 9.59 Å². The molecule has 0 spiro atoms. The lowest BCUT2D eigenvalue weighted by atomic mass is 10.1. The number of carbonyl (C=O) groups excluding carboxylic acids is 3. The minimum absolute atomic E-state index is 0.0606. The Morgan fingerprint density at radius 3 is 2.60 bits per heavy atom. The minimum atomic E-state index is -0.896. The number of nitrogens with two attached hydrogens (primary N) is 1. The number of fused-ring (bicyclic) bond motifs is 1. The number of hydrogen-bond donors (Lipinski definition) is 2. The van der Waals surface area contributed by atoms with Crippen molar-refractivity contribution in [3.05, 3.63) is 24.3 Å². The molecule has 134 valence electrons. The van der Waals surface area contributed by atoms with E-state index in [1.807, 2.05) is 23.1 Å². The molecule has 0 aromatic heterocycles. The summed E-state index contributed by atoms with van der Waals surface area (Å²) in [4.78, 5) is 39.1. The number of rotatable bonds is 3. The SMILES string of the molecule is NC(=O)NC(=O)CN1CC(C(=O)N2CCCCC2)Oc2ccccc21. The summed E-state index contributed by atoms with van der Waals surface area (Å²) in [6.45, 7) is 1.65. The Morgan fingerprint density at radius 2 is 1.88 bits per heavy atom. The van der Waals surface area contributed by atoms with Crippen molar-refractivity contribution in [3.8, 4) is 5.75 Å². The number of anilines is 1. The van der Waals surface area contributed by atoms with Gasteiger partial charge in [-0.25, -0.2) is 4.79 Å². The molecule has 3 rings (SSSR count). The van der Waals surface area contributed by atoms with Crippen LogP contribution in [0.25, 0.3) is 0 Å². The molecule has 0 saturated carbocycles. The summed E-state index contributed by atoms with van der Waals surface area (Å²) in [5, 5.41) is 2.05. The summed E-state index contributed by atoms with van der Waals surface area (Å²) in [6, 6.07) is 6.33. The highest BCUT2D eigenvalue weighted by molar-refractivity contribution is 5.96. The second kappa shape index (κ2) is 7.42. The molecule has 0 radical (unpaired) electrons. The van der Waals surface area contributed by atoms with Crippen LogP contribution in [0.2, 0.25) is 0 Å². The summed E-state index contributed by atoms with van der Waals surface area (Å²) in [7, 11) is 0. The lowest BCUT2D eigenvalue weighted by Crippen LogP contribution is -2.53. The number of urea groups is 1. The largest absolute Gasteiger partial charge is 0.477 e. The third-order valence-electron chi connectivity index (χ3n) is 4.40. The van der Waals surface area contributed by atoms with Gasteiger partial charge in [-0.2, -0.15) is 0 Å². The molecule has 8 heteroatoms. The zero-order chi connectivity index (χ0) is 17.8. The van der Waals surface area contributed by atoms with Crippen LogP contribution in [0.4, 0.5) is 10.5 Å². The van der Waals surface area contributed by atoms with Gasteiger partial charge in [0.05, 0.1) is 18.8 Å². The maximum atomic E-state index is 12.8. The van der Waals surface area contributed by atoms with Crippen LogP contribution in [0.5, 0.6) is 5.75 Å². The summed E-state index contributed by atoms with van der Waals surface area (Å²) >= 11 is 0. The molecule has 1 saturated heterocycles. The van der Waals surface area contributed by atoms with E-state index in [9.17, 15) is 14.4 Å². The highest BCUT2D eigenvalue weighted by Gasteiger charge is 2.34. The molecular weight excluding hydrogens is 324 g/mol. The Balaban J connectivity index is 1.76. The Bertz CT molecular complexity index is 672. The van der Waals surface area contributed by atoms with Crippen LogP contribution in [-0.4, -0.2) is 55.0 Å². The third-order valence-corrected chi connectivity index (χ3v) is 4.40. The van der Waals surface area contributed by atoms with E-state index in [0.29, 0.717) is 11.4 Å². The van der Waals surface area contributed by atoms with Crippen molar-refractivity contribution >= 4 is 23.5 Å². The van der Waals surface area contributed by atoms with Crippen molar-refractivity contribution in [2.24, 2.45) is 5.73 Å². The van der Waals surface area contributed by atoms with Gasteiger partial charge < -0.3 is 20.3 Å². The normalized spacial score (nSPS) is 19.6. The van der Waals surface area contributed by atoms with Crippen LogP contribution in [0.1, 0.15) is 19.3 Å². The molecule has 1 fully saturated rings. The standard InChI is InChI=1S/C17H22N4O4/c18-17(24)19-15(22)11-21-10-14(16(23)20-8-4-1-5-9-20)25-13-7-3-2-6-12(13)21/h2-3,6-7,14H,1,4-5,8-11H2,(H3,18,19,22,24). The fourth-order valence-corrected chi connectivity index (χ4v) is 3.25. The number of amides is 4. The van der Waals surface area contributed by atoms with Gasteiger partial charge >= 0.3 is 6.03 Å². The van der Waals surface area contributed by atoms with Crippen molar-refractivity contribution in [2.75, 3.05) is 31.1 Å². The second-order valence-corrected chi connectivity index (χ2v) is 6.25. The van der Waals surface area contributed by atoms with Crippen molar-refractivity contribution in [1.29, 1.82) is 0 Å². The minimum Gasteiger partial charge on any atom is -0.477 e. The molecule has 4 amide bonds. The Morgan fingerprint density at radius 1 is 1.16 bits per heavy atom. The van der Waals surface area contributed by atoms with E-state index in [-0.39, 0.29) is 19.0 Å². The fourth-order valence-electron chi connectivity index (χ4n) is 3.25. The van der Waals surface area contributed by atoms with E-state index < -0.39 is 18.0 Å². The number of likely N-dealkylation sites (tertiary alicyclic amines) is 1. The number of nitrogens with zero attached hydrogens (tertiary/aromatic N) is 2. The van der Waals surface area contributed by atoms with E-state index in [1.165, 1.54) is 0 Å². The zero-order valence-corrected chi connectivity index (χ0v) is 13.9. The van der Waals surface area contributed by atoms with Gasteiger partial charge in [0.1, 0.15) is 5.75 Å². The van der Waals surface area contributed by atoms with Gasteiger partial charge in [0.15, 0.2) is 6.10 Å². The number of benzene rings is 1. The van der Waals surface area contributed by atoms with Crippen LogP contribution in [0.3, 0.4) is 0 Å². The molecule has 0 aliphatic carbocycles. The van der Waals surface area contributed by atoms with E-state index in [1.54, 1.807) is 11.0 Å². The van der Waals surface area contributed by atoms with Gasteiger partial charge in [-0.1, -0.05) is 12.1 Å². The molecule has 25 heavy (non-hydrogen) atoms. The lowest BCUT2D eigenvalue weighted by Gasteiger charge is -2.38. The van der Waals surface area contributed by atoms with Crippen molar-refractivity contribution in [3.63, 3.8) is 0 Å². The smallest absolute Gasteiger partial charge is 0.318 e. The molecule has 0 bridgehead atoms. The molecule has 2 heterocycles. The fraction of sp³-hybridized carbons (Fsp3) is 0.471. The molecule has 8 nitrogen and oxygen atoms in total. The molecule has 2 aliphatic rings. The number of carbonyl (C=O) groups is 3. The van der Waals surface area contributed by atoms with Gasteiger partial charge in [-0.3, -0.25) is 14.9 Å². The third kappa shape index (κ3) is 4.01. The summed E-state index contributed by atoms with van der Waals surface area (Å²) < 4.78 is 5.88. The molecule has 1 aromatic carbocycles. The number of nitrogens with one attached hydrogen (secondary N) is 1. The van der Waals surface area contributed by atoms with Crippen LogP contribution >= 0.6 is 0 Å². The number of imide groups is 1. The van der Waals surface area contributed by atoms with Crippen molar-refractivity contribution in [1.82, 2.24) is 10.2 Å². The first-order chi connectivity index (χ1) is 12.0. The average molecular weight is 346 g/mol. The van der Waals surface area contributed by atoms with E-state index in [2.05, 4.69) is 5.32 Å². The van der Waals surface area contributed by atoms with E-state index in [0.717, 1.165) is 32.4 Å². The molecular formula is C17H22N4O4. The maximum Gasteiger partial charge on any atom is 0.318 e. The van der Waals surface area contributed by atoms with Crippen LogP contribution < -0.4 is 20.7 Å².